The average molecular weight is 232 g/mol. The van der Waals surface area contributed by atoms with Gasteiger partial charge in [-0.3, -0.25) is 9.79 Å². The Hall–Kier alpha value is -2.17. The van der Waals surface area contributed by atoms with E-state index in [-0.39, 0.29) is 0 Å². The predicted octanol–water partition coefficient (Wildman–Crippen LogP) is 1.61. The van der Waals surface area contributed by atoms with Crippen LogP contribution in [0.4, 0.5) is 10.5 Å². The predicted molar refractivity (Wildman–Crippen MR) is 63.4 cm³/mol. The number of aliphatic imine (C=N–C) groups is 1. The molecular weight excluding hydrogens is 220 g/mol. The van der Waals surface area contributed by atoms with E-state index in [1.54, 1.807) is 31.3 Å². The number of benzene rings is 1. The number of amides is 2. The van der Waals surface area contributed by atoms with Crippen molar-refractivity contribution in [3.05, 3.63) is 29.8 Å². The van der Waals surface area contributed by atoms with Crippen molar-refractivity contribution in [2.75, 3.05) is 12.0 Å². The smallest absolute Gasteiger partial charge is 0.421 e. The number of benzodiazepines with no additional fused rings is 1. The van der Waals surface area contributed by atoms with E-state index in [1.807, 2.05) is 6.07 Å². The van der Waals surface area contributed by atoms with Crippen LogP contribution in [-0.4, -0.2) is 31.4 Å². The van der Waals surface area contributed by atoms with E-state index in [9.17, 15) is 9.59 Å². The maximum absolute atomic E-state index is 12.0. The lowest BCUT2D eigenvalue weighted by Crippen LogP contribution is -2.41. The molecule has 5 nitrogen and oxygen atoms in total. The van der Waals surface area contributed by atoms with Crippen LogP contribution in [0, 0.1) is 0 Å². The van der Waals surface area contributed by atoms with E-state index in [4.69, 9.17) is 0 Å². The number of carbonyl (C=O) groups is 2. The molecule has 1 aliphatic rings. The van der Waals surface area contributed by atoms with Gasteiger partial charge in [-0.2, -0.15) is 0 Å². The lowest BCUT2D eigenvalue weighted by Gasteiger charge is -2.20. The second-order valence-corrected chi connectivity index (χ2v) is 3.66. The van der Waals surface area contributed by atoms with Gasteiger partial charge < -0.3 is 4.74 Å². The second-order valence-electron chi connectivity index (χ2n) is 3.66. The topological polar surface area (TPSA) is 59.0 Å². The van der Waals surface area contributed by atoms with Crippen LogP contribution in [0.5, 0.6) is 0 Å². The maximum atomic E-state index is 12.0. The minimum Gasteiger partial charge on any atom is -0.452 e. The third-order valence-corrected chi connectivity index (χ3v) is 2.55. The minimum atomic E-state index is -0.695. The standard InChI is InChI=1S/C12H12N2O3/c1-8-11(15)14(12(16)17-2)10-6-4-3-5-9(10)7-13-8/h3-8H,1-2H3. The zero-order chi connectivity index (χ0) is 12.4. The van der Waals surface area contributed by atoms with Crippen LogP contribution in [0.25, 0.3) is 0 Å². The molecule has 1 unspecified atom stereocenters. The number of anilines is 1. The summed E-state index contributed by atoms with van der Waals surface area (Å²) in [4.78, 5) is 28.8. The van der Waals surface area contributed by atoms with E-state index in [0.717, 1.165) is 10.5 Å². The fourth-order valence-corrected chi connectivity index (χ4v) is 1.64. The number of hydrogen-bond donors (Lipinski definition) is 0. The van der Waals surface area contributed by atoms with Gasteiger partial charge in [-0.25, -0.2) is 9.69 Å². The van der Waals surface area contributed by atoms with E-state index in [0.29, 0.717) is 5.69 Å². The first kappa shape index (κ1) is 11.3. The molecule has 0 aliphatic carbocycles. The van der Waals surface area contributed by atoms with Crippen molar-refractivity contribution in [2.24, 2.45) is 4.99 Å². The van der Waals surface area contributed by atoms with Crippen molar-refractivity contribution < 1.29 is 14.3 Å². The molecule has 0 aromatic heterocycles. The summed E-state index contributed by atoms with van der Waals surface area (Å²) in [6.07, 6.45) is 0.903. The quantitative estimate of drug-likeness (QED) is 0.682. The summed E-state index contributed by atoms with van der Waals surface area (Å²) in [5.41, 5.74) is 1.22. The molecule has 0 spiro atoms. The van der Waals surface area contributed by atoms with E-state index in [2.05, 4.69) is 9.73 Å². The Kier molecular flexibility index (Phi) is 2.91. The zero-order valence-electron chi connectivity index (χ0n) is 9.58. The molecule has 0 N–H and O–H groups in total. The minimum absolute atomic E-state index is 0.391. The second kappa shape index (κ2) is 4.37. The monoisotopic (exact) mass is 232 g/mol. The molecule has 2 amide bonds. The number of methoxy groups -OCH3 is 1. The molecule has 0 saturated heterocycles. The first-order valence-corrected chi connectivity index (χ1v) is 5.19. The van der Waals surface area contributed by atoms with Crippen molar-refractivity contribution in [2.45, 2.75) is 13.0 Å². The first-order valence-electron chi connectivity index (χ1n) is 5.19. The van der Waals surface area contributed by atoms with Crippen molar-refractivity contribution in [1.29, 1.82) is 0 Å². The highest BCUT2D eigenvalue weighted by Gasteiger charge is 2.31. The molecule has 17 heavy (non-hydrogen) atoms. The molecule has 1 atom stereocenters. The van der Waals surface area contributed by atoms with Gasteiger partial charge >= 0.3 is 6.09 Å². The number of para-hydroxylation sites is 1. The van der Waals surface area contributed by atoms with Crippen LogP contribution >= 0.6 is 0 Å². The van der Waals surface area contributed by atoms with Crippen LogP contribution < -0.4 is 4.90 Å². The lowest BCUT2D eigenvalue weighted by molar-refractivity contribution is -0.118. The van der Waals surface area contributed by atoms with Gasteiger partial charge in [0.25, 0.3) is 5.91 Å². The molecule has 0 fully saturated rings. The molecule has 5 heteroatoms. The Balaban J connectivity index is 2.56. The lowest BCUT2D eigenvalue weighted by atomic mass is 10.2. The molecule has 88 valence electrons. The number of ether oxygens (including phenoxy) is 1. The third-order valence-electron chi connectivity index (χ3n) is 2.55. The third kappa shape index (κ3) is 1.91. The van der Waals surface area contributed by atoms with Gasteiger partial charge in [-0.05, 0) is 13.0 Å². The largest absolute Gasteiger partial charge is 0.452 e. The Morgan fingerprint density at radius 3 is 2.82 bits per heavy atom. The van der Waals surface area contributed by atoms with Crippen molar-refractivity contribution in [1.82, 2.24) is 0 Å². The van der Waals surface area contributed by atoms with Gasteiger partial charge in [0.05, 0.1) is 12.8 Å². The van der Waals surface area contributed by atoms with Crippen LogP contribution in [-0.2, 0) is 9.53 Å². The van der Waals surface area contributed by atoms with Gasteiger partial charge in [0.15, 0.2) is 0 Å². The highest BCUT2D eigenvalue weighted by molar-refractivity contribution is 6.17. The molecule has 1 aromatic rings. The Morgan fingerprint density at radius 2 is 2.12 bits per heavy atom. The summed E-state index contributed by atoms with van der Waals surface area (Å²) >= 11 is 0. The average Bonchev–Trinajstić information content (AvgIpc) is 2.48. The maximum Gasteiger partial charge on any atom is 0.421 e. The van der Waals surface area contributed by atoms with Gasteiger partial charge in [-0.15, -0.1) is 0 Å². The molecule has 1 heterocycles. The fourth-order valence-electron chi connectivity index (χ4n) is 1.64. The SMILES string of the molecule is COC(=O)N1C(=O)C(C)N=Cc2ccccc21. The molecule has 0 bridgehead atoms. The first-order chi connectivity index (χ1) is 8.15. The van der Waals surface area contributed by atoms with Crippen molar-refractivity contribution in [3.8, 4) is 0 Å². The van der Waals surface area contributed by atoms with Crippen LogP contribution in [0.15, 0.2) is 29.3 Å². The Morgan fingerprint density at radius 1 is 1.41 bits per heavy atom. The summed E-state index contributed by atoms with van der Waals surface area (Å²) < 4.78 is 4.63. The Bertz CT molecular complexity index is 496. The summed E-state index contributed by atoms with van der Waals surface area (Å²) in [7, 11) is 1.24. The number of imide groups is 1. The van der Waals surface area contributed by atoms with Crippen molar-refractivity contribution >= 4 is 23.9 Å². The van der Waals surface area contributed by atoms with E-state index >= 15 is 0 Å². The number of rotatable bonds is 0. The van der Waals surface area contributed by atoms with Gasteiger partial charge in [0.2, 0.25) is 0 Å². The molecule has 1 aliphatic heterocycles. The normalized spacial score (nSPS) is 18.6. The summed E-state index contributed by atoms with van der Waals surface area (Å²) in [5.74, 6) is -0.391. The van der Waals surface area contributed by atoms with Crippen molar-refractivity contribution in [3.63, 3.8) is 0 Å². The number of nitrogens with zero attached hydrogens (tertiary/aromatic N) is 2. The molecule has 0 saturated carbocycles. The number of hydrogen-bond acceptors (Lipinski definition) is 4. The zero-order valence-corrected chi connectivity index (χ0v) is 9.58. The molecule has 0 radical (unpaired) electrons. The van der Waals surface area contributed by atoms with Crippen LogP contribution in [0.1, 0.15) is 12.5 Å². The number of carbonyl (C=O) groups excluding carboxylic acids is 2. The summed E-state index contributed by atoms with van der Waals surface area (Å²) in [6.45, 7) is 1.64. The Labute approximate surface area is 98.7 Å². The highest BCUT2D eigenvalue weighted by atomic mass is 16.5. The summed E-state index contributed by atoms with van der Waals surface area (Å²) in [6, 6.07) is 6.46. The van der Waals surface area contributed by atoms with E-state index < -0.39 is 18.0 Å². The highest BCUT2D eigenvalue weighted by Crippen LogP contribution is 2.23. The molecule has 1 aromatic carbocycles. The molecule has 2 rings (SSSR count). The fraction of sp³-hybridized carbons (Fsp3) is 0.250. The van der Waals surface area contributed by atoms with Gasteiger partial charge in [0.1, 0.15) is 6.04 Å². The summed E-state index contributed by atoms with van der Waals surface area (Å²) in [5, 5.41) is 0. The van der Waals surface area contributed by atoms with Crippen LogP contribution in [0.2, 0.25) is 0 Å². The van der Waals surface area contributed by atoms with Gasteiger partial charge in [0, 0.05) is 11.8 Å². The van der Waals surface area contributed by atoms with E-state index in [1.165, 1.54) is 7.11 Å². The van der Waals surface area contributed by atoms with Crippen LogP contribution in [0.3, 0.4) is 0 Å². The van der Waals surface area contributed by atoms with Gasteiger partial charge in [-0.1, -0.05) is 18.2 Å². The number of fused-ring (bicyclic) bond motifs is 1. The molecular formula is C12H12N2O3.